The molecule has 4 N–H and O–H groups in total. The SMILES string of the molecule is NCc1cc(F)cc(-c2nnc(N)s2)c1. The van der Waals surface area contributed by atoms with E-state index in [-0.39, 0.29) is 5.82 Å². The van der Waals surface area contributed by atoms with Crippen molar-refractivity contribution in [3.63, 3.8) is 0 Å². The zero-order chi connectivity index (χ0) is 10.8. The van der Waals surface area contributed by atoms with E-state index in [1.807, 2.05) is 0 Å². The minimum absolute atomic E-state index is 0.291. The van der Waals surface area contributed by atoms with Gasteiger partial charge in [-0.2, -0.15) is 0 Å². The summed E-state index contributed by atoms with van der Waals surface area (Å²) in [6.07, 6.45) is 0. The summed E-state index contributed by atoms with van der Waals surface area (Å²) in [6, 6.07) is 4.57. The molecule has 15 heavy (non-hydrogen) atoms. The Morgan fingerprint density at radius 2 is 2.07 bits per heavy atom. The quantitative estimate of drug-likeness (QED) is 0.808. The van der Waals surface area contributed by atoms with E-state index in [0.717, 1.165) is 5.56 Å². The van der Waals surface area contributed by atoms with Gasteiger partial charge in [-0.25, -0.2) is 4.39 Å². The summed E-state index contributed by atoms with van der Waals surface area (Å²) in [5.74, 6) is -0.332. The summed E-state index contributed by atoms with van der Waals surface area (Å²) < 4.78 is 13.2. The topological polar surface area (TPSA) is 77.8 Å². The van der Waals surface area contributed by atoms with Crippen LogP contribution in [0.15, 0.2) is 18.2 Å². The summed E-state index contributed by atoms with van der Waals surface area (Å²) >= 11 is 1.22. The third-order valence-corrected chi connectivity index (χ3v) is 2.68. The number of halogens is 1. The molecule has 0 radical (unpaired) electrons. The summed E-state index contributed by atoms with van der Waals surface area (Å²) in [4.78, 5) is 0. The van der Waals surface area contributed by atoms with E-state index in [1.54, 1.807) is 6.07 Å². The van der Waals surface area contributed by atoms with Crippen LogP contribution >= 0.6 is 11.3 Å². The first kappa shape index (κ1) is 10.0. The fraction of sp³-hybridized carbons (Fsp3) is 0.111. The average Bonchev–Trinajstić information content (AvgIpc) is 2.64. The van der Waals surface area contributed by atoms with Crippen LogP contribution in [0.4, 0.5) is 9.52 Å². The Hall–Kier alpha value is -1.53. The molecule has 0 amide bonds. The monoisotopic (exact) mass is 224 g/mol. The number of benzene rings is 1. The van der Waals surface area contributed by atoms with Crippen LogP contribution in [0.3, 0.4) is 0 Å². The third-order valence-electron chi connectivity index (χ3n) is 1.88. The summed E-state index contributed by atoms with van der Waals surface area (Å²) in [5, 5.41) is 8.47. The molecule has 6 heteroatoms. The second-order valence-electron chi connectivity index (χ2n) is 3.00. The Kier molecular flexibility index (Phi) is 2.61. The van der Waals surface area contributed by atoms with Crippen LogP contribution < -0.4 is 11.5 Å². The number of rotatable bonds is 2. The largest absolute Gasteiger partial charge is 0.374 e. The Bertz CT molecular complexity index is 483. The molecule has 0 spiro atoms. The molecule has 0 aliphatic rings. The summed E-state index contributed by atoms with van der Waals surface area (Å²) in [7, 11) is 0. The molecule has 2 aromatic rings. The molecule has 1 aromatic heterocycles. The minimum atomic E-state index is -0.332. The fourth-order valence-electron chi connectivity index (χ4n) is 1.24. The zero-order valence-corrected chi connectivity index (χ0v) is 8.59. The number of hydrogen-bond donors (Lipinski definition) is 2. The molecule has 78 valence electrons. The molecule has 0 aliphatic carbocycles. The highest BCUT2D eigenvalue weighted by atomic mass is 32.1. The van der Waals surface area contributed by atoms with Gasteiger partial charge < -0.3 is 11.5 Å². The Labute approximate surface area is 89.7 Å². The van der Waals surface area contributed by atoms with Gasteiger partial charge in [0.2, 0.25) is 5.13 Å². The van der Waals surface area contributed by atoms with Crippen molar-refractivity contribution >= 4 is 16.5 Å². The van der Waals surface area contributed by atoms with E-state index in [2.05, 4.69) is 10.2 Å². The van der Waals surface area contributed by atoms with Crippen molar-refractivity contribution in [1.29, 1.82) is 0 Å². The second-order valence-corrected chi connectivity index (χ2v) is 4.01. The van der Waals surface area contributed by atoms with E-state index in [0.29, 0.717) is 22.2 Å². The van der Waals surface area contributed by atoms with Crippen molar-refractivity contribution < 1.29 is 4.39 Å². The van der Waals surface area contributed by atoms with E-state index in [9.17, 15) is 4.39 Å². The number of aromatic nitrogens is 2. The molecule has 0 aliphatic heterocycles. The minimum Gasteiger partial charge on any atom is -0.374 e. The van der Waals surface area contributed by atoms with Crippen LogP contribution in [0, 0.1) is 5.82 Å². The van der Waals surface area contributed by atoms with Gasteiger partial charge in [-0.1, -0.05) is 11.3 Å². The van der Waals surface area contributed by atoms with Gasteiger partial charge in [-0.15, -0.1) is 10.2 Å². The molecule has 0 saturated carbocycles. The van der Waals surface area contributed by atoms with Gasteiger partial charge in [-0.3, -0.25) is 0 Å². The van der Waals surface area contributed by atoms with Crippen LogP contribution in [0.5, 0.6) is 0 Å². The number of nitrogen functional groups attached to an aromatic ring is 1. The average molecular weight is 224 g/mol. The van der Waals surface area contributed by atoms with Gasteiger partial charge >= 0.3 is 0 Å². The second kappa shape index (κ2) is 3.92. The van der Waals surface area contributed by atoms with Crippen LogP contribution in [0.25, 0.3) is 10.6 Å². The van der Waals surface area contributed by atoms with Crippen molar-refractivity contribution in [2.75, 3.05) is 5.73 Å². The first-order chi connectivity index (χ1) is 7.19. The Morgan fingerprint density at radius 1 is 1.27 bits per heavy atom. The van der Waals surface area contributed by atoms with E-state index in [4.69, 9.17) is 11.5 Å². The van der Waals surface area contributed by atoms with Crippen molar-refractivity contribution in [2.24, 2.45) is 5.73 Å². The van der Waals surface area contributed by atoms with Gasteiger partial charge in [0.1, 0.15) is 10.8 Å². The predicted molar refractivity (Wildman–Crippen MR) is 57.6 cm³/mol. The van der Waals surface area contributed by atoms with E-state index < -0.39 is 0 Å². The number of nitrogens with two attached hydrogens (primary N) is 2. The summed E-state index contributed by atoms with van der Waals surface area (Å²) in [5.41, 5.74) is 12.3. The van der Waals surface area contributed by atoms with Gasteiger partial charge in [0, 0.05) is 12.1 Å². The van der Waals surface area contributed by atoms with Crippen molar-refractivity contribution in [3.05, 3.63) is 29.6 Å². The molecule has 4 nitrogen and oxygen atoms in total. The molecule has 2 rings (SSSR count). The molecule has 0 fully saturated rings. The maximum atomic E-state index is 13.2. The first-order valence-electron chi connectivity index (χ1n) is 4.28. The maximum Gasteiger partial charge on any atom is 0.203 e. The lowest BCUT2D eigenvalue weighted by Crippen LogP contribution is -1.97. The third kappa shape index (κ3) is 2.11. The molecule has 0 unspecified atom stereocenters. The maximum absolute atomic E-state index is 13.2. The Morgan fingerprint density at radius 3 is 2.67 bits per heavy atom. The van der Waals surface area contributed by atoms with Crippen LogP contribution in [0.1, 0.15) is 5.56 Å². The molecule has 0 saturated heterocycles. The van der Waals surface area contributed by atoms with Gasteiger partial charge in [0.25, 0.3) is 0 Å². The molecule has 0 atom stereocenters. The first-order valence-corrected chi connectivity index (χ1v) is 5.09. The zero-order valence-electron chi connectivity index (χ0n) is 7.77. The molecular weight excluding hydrogens is 215 g/mol. The lowest BCUT2D eigenvalue weighted by Gasteiger charge is -2.00. The molecule has 0 bridgehead atoms. The number of anilines is 1. The fourth-order valence-corrected chi connectivity index (χ4v) is 1.84. The highest BCUT2D eigenvalue weighted by Gasteiger charge is 2.07. The van der Waals surface area contributed by atoms with Crippen molar-refractivity contribution in [3.8, 4) is 10.6 Å². The normalized spacial score (nSPS) is 10.5. The smallest absolute Gasteiger partial charge is 0.203 e. The molecule has 1 heterocycles. The van der Waals surface area contributed by atoms with Crippen LogP contribution in [0.2, 0.25) is 0 Å². The van der Waals surface area contributed by atoms with E-state index >= 15 is 0 Å². The highest BCUT2D eigenvalue weighted by Crippen LogP contribution is 2.26. The number of nitrogens with zero attached hydrogens (tertiary/aromatic N) is 2. The van der Waals surface area contributed by atoms with Gasteiger partial charge in [0.15, 0.2) is 0 Å². The van der Waals surface area contributed by atoms with Crippen molar-refractivity contribution in [1.82, 2.24) is 10.2 Å². The molecular formula is C9H9FN4S. The standard InChI is InChI=1S/C9H9FN4S/c10-7-2-5(4-11)1-6(3-7)8-13-14-9(12)15-8/h1-3H,4,11H2,(H2,12,14). The lowest BCUT2D eigenvalue weighted by atomic mass is 10.1. The van der Waals surface area contributed by atoms with E-state index in [1.165, 1.54) is 23.5 Å². The molecule has 1 aromatic carbocycles. The van der Waals surface area contributed by atoms with Crippen LogP contribution in [-0.4, -0.2) is 10.2 Å². The lowest BCUT2D eigenvalue weighted by molar-refractivity contribution is 0.626. The predicted octanol–water partition coefficient (Wildman–Crippen LogP) is 1.39. The number of hydrogen-bond acceptors (Lipinski definition) is 5. The highest BCUT2D eigenvalue weighted by molar-refractivity contribution is 7.18. The Balaban J connectivity index is 2.48. The van der Waals surface area contributed by atoms with Gasteiger partial charge in [-0.05, 0) is 23.8 Å². The van der Waals surface area contributed by atoms with Gasteiger partial charge in [0.05, 0.1) is 0 Å². The van der Waals surface area contributed by atoms with Crippen LogP contribution in [-0.2, 0) is 6.54 Å². The van der Waals surface area contributed by atoms with Crippen molar-refractivity contribution in [2.45, 2.75) is 6.54 Å². The summed E-state index contributed by atoms with van der Waals surface area (Å²) in [6.45, 7) is 0.291.